The van der Waals surface area contributed by atoms with Gasteiger partial charge in [0.2, 0.25) is 0 Å². The predicted octanol–water partition coefficient (Wildman–Crippen LogP) is 5.32. The third-order valence-corrected chi connectivity index (χ3v) is 3.86. The van der Waals surface area contributed by atoms with E-state index in [1.54, 1.807) is 49.7 Å². The number of esters is 1. The van der Waals surface area contributed by atoms with Crippen molar-refractivity contribution in [3.63, 3.8) is 0 Å². The third kappa shape index (κ3) is 4.71. The molecule has 0 unspecified atom stereocenters. The van der Waals surface area contributed by atoms with Crippen LogP contribution in [0.5, 0.6) is 11.5 Å². The van der Waals surface area contributed by atoms with E-state index in [2.05, 4.69) is 4.99 Å². The molecule has 0 saturated heterocycles. The van der Waals surface area contributed by atoms with Crippen molar-refractivity contribution in [1.82, 2.24) is 0 Å². The Morgan fingerprint density at radius 3 is 2.12 bits per heavy atom. The zero-order valence-corrected chi connectivity index (χ0v) is 14.8. The van der Waals surface area contributed by atoms with Crippen LogP contribution in [0.15, 0.2) is 77.8 Å². The van der Waals surface area contributed by atoms with Gasteiger partial charge in [0.05, 0.1) is 18.4 Å². The number of methoxy groups -OCH3 is 1. The smallest absolute Gasteiger partial charge is 0.343 e. The van der Waals surface area contributed by atoms with Gasteiger partial charge < -0.3 is 9.47 Å². The summed E-state index contributed by atoms with van der Waals surface area (Å²) >= 11 is 5.81. The maximum atomic E-state index is 12.1. The van der Waals surface area contributed by atoms with Gasteiger partial charge in [-0.25, -0.2) is 4.79 Å². The summed E-state index contributed by atoms with van der Waals surface area (Å²) in [6, 6.07) is 21.1. The summed E-state index contributed by atoms with van der Waals surface area (Å²) in [5, 5.41) is 0.588. The molecule has 0 fully saturated rings. The van der Waals surface area contributed by atoms with Crippen molar-refractivity contribution in [3.05, 3.63) is 88.9 Å². The average Bonchev–Trinajstić information content (AvgIpc) is 2.69. The monoisotopic (exact) mass is 365 g/mol. The largest absolute Gasteiger partial charge is 0.497 e. The van der Waals surface area contributed by atoms with Crippen LogP contribution >= 0.6 is 11.6 Å². The van der Waals surface area contributed by atoms with E-state index in [-0.39, 0.29) is 0 Å². The van der Waals surface area contributed by atoms with Crippen LogP contribution in [0.2, 0.25) is 5.02 Å². The molecular weight excluding hydrogens is 350 g/mol. The summed E-state index contributed by atoms with van der Waals surface area (Å²) in [7, 11) is 1.62. The van der Waals surface area contributed by atoms with Crippen molar-refractivity contribution in [2.75, 3.05) is 7.11 Å². The molecule has 0 aliphatic heterocycles. The Balaban J connectivity index is 1.64. The fourth-order valence-electron chi connectivity index (χ4n) is 2.19. The fraction of sp³-hybridized carbons (Fsp3) is 0.0476. The fourth-order valence-corrected chi connectivity index (χ4v) is 2.32. The molecule has 0 spiro atoms. The van der Waals surface area contributed by atoms with Crippen LogP contribution < -0.4 is 9.47 Å². The Kier molecular flexibility index (Phi) is 5.66. The molecule has 0 N–H and O–H groups in total. The van der Waals surface area contributed by atoms with Crippen molar-refractivity contribution < 1.29 is 14.3 Å². The molecule has 0 aromatic heterocycles. The van der Waals surface area contributed by atoms with Gasteiger partial charge in [-0.15, -0.1) is 0 Å². The van der Waals surface area contributed by atoms with Gasteiger partial charge in [-0.05, 0) is 66.2 Å². The van der Waals surface area contributed by atoms with Crippen molar-refractivity contribution >= 4 is 29.5 Å². The summed E-state index contributed by atoms with van der Waals surface area (Å²) < 4.78 is 10.4. The predicted molar refractivity (Wildman–Crippen MR) is 103 cm³/mol. The number of nitrogens with zero attached hydrogens (tertiary/aromatic N) is 1. The minimum Gasteiger partial charge on any atom is -0.497 e. The molecule has 0 saturated carbocycles. The lowest BCUT2D eigenvalue weighted by atomic mass is 10.1. The van der Waals surface area contributed by atoms with Crippen molar-refractivity contribution in [3.8, 4) is 11.5 Å². The quantitative estimate of drug-likeness (QED) is 0.349. The van der Waals surface area contributed by atoms with E-state index < -0.39 is 5.97 Å². The molecule has 5 heteroatoms. The minimum atomic E-state index is -0.425. The molecule has 0 bridgehead atoms. The van der Waals surface area contributed by atoms with Gasteiger partial charge in [-0.1, -0.05) is 23.7 Å². The maximum Gasteiger partial charge on any atom is 0.343 e. The zero-order chi connectivity index (χ0) is 18.4. The lowest BCUT2D eigenvalue weighted by Crippen LogP contribution is -2.08. The van der Waals surface area contributed by atoms with E-state index in [0.717, 1.165) is 17.0 Å². The molecule has 3 aromatic carbocycles. The Labute approximate surface area is 156 Å². The second-order valence-corrected chi connectivity index (χ2v) is 5.86. The minimum absolute atomic E-state index is 0.425. The number of carbonyl (C=O) groups is 1. The van der Waals surface area contributed by atoms with Crippen LogP contribution in [0.3, 0.4) is 0 Å². The Morgan fingerprint density at radius 1 is 0.885 bits per heavy atom. The number of hydrogen-bond donors (Lipinski definition) is 0. The molecule has 26 heavy (non-hydrogen) atoms. The molecule has 4 nitrogen and oxygen atoms in total. The lowest BCUT2D eigenvalue weighted by Gasteiger charge is -2.04. The standard InChI is InChI=1S/C21H16ClNO3/c1-25-19-12-8-18(9-13-19)23-14-15-2-4-16(5-3-15)21(24)26-20-10-6-17(22)7-11-20/h2-14H,1H3. The van der Waals surface area contributed by atoms with Gasteiger partial charge >= 0.3 is 5.97 Å². The zero-order valence-electron chi connectivity index (χ0n) is 14.1. The Morgan fingerprint density at radius 2 is 1.50 bits per heavy atom. The number of benzene rings is 3. The van der Waals surface area contributed by atoms with Crippen molar-refractivity contribution in [2.24, 2.45) is 4.99 Å². The third-order valence-electron chi connectivity index (χ3n) is 3.61. The van der Waals surface area contributed by atoms with E-state index in [1.165, 1.54) is 0 Å². The van der Waals surface area contributed by atoms with E-state index in [9.17, 15) is 4.79 Å². The highest BCUT2D eigenvalue weighted by atomic mass is 35.5. The van der Waals surface area contributed by atoms with Gasteiger partial charge in [0.25, 0.3) is 0 Å². The van der Waals surface area contributed by atoms with E-state index >= 15 is 0 Å². The number of rotatable bonds is 5. The molecule has 3 rings (SSSR count). The normalized spacial score (nSPS) is 10.7. The first-order valence-electron chi connectivity index (χ1n) is 7.90. The van der Waals surface area contributed by atoms with Gasteiger partial charge in [-0.2, -0.15) is 0 Å². The number of ether oxygens (including phenoxy) is 2. The summed E-state index contributed by atoms with van der Waals surface area (Å²) in [6.07, 6.45) is 1.73. The first-order valence-corrected chi connectivity index (χ1v) is 8.28. The van der Waals surface area contributed by atoms with E-state index in [1.807, 2.05) is 36.4 Å². The number of hydrogen-bond acceptors (Lipinski definition) is 4. The summed E-state index contributed by atoms with van der Waals surface area (Å²) in [6.45, 7) is 0. The highest BCUT2D eigenvalue weighted by molar-refractivity contribution is 6.30. The topological polar surface area (TPSA) is 47.9 Å². The van der Waals surface area contributed by atoms with Crippen LogP contribution in [-0.4, -0.2) is 19.3 Å². The SMILES string of the molecule is COc1ccc(N=Cc2ccc(C(=O)Oc3ccc(Cl)cc3)cc2)cc1. The molecular formula is C21H16ClNO3. The summed E-state index contributed by atoms with van der Waals surface area (Å²) in [5.74, 6) is 0.808. The van der Waals surface area contributed by atoms with Gasteiger partial charge in [-0.3, -0.25) is 4.99 Å². The van der Waals surface area contributed by atoms with Crippen LogP contribution in [0.4, 0.5) is 5.69 Å². The number of carbonyl (C=O) groups excluding carboxylic acids is 1. The molecule has 0 aliphatic carbocycles. The maximum absolute atomic E-state index is 12.1. The van der Waals surface area contributed by atoms with Crippen molar-refractivity contribution in [1.29, 1.82) is 0 Å². The number of halogens is 1. The molecule has 0 atom stereocenters. The molecule has 3 aromatic rings. The van der Waals surface area contributed by atoms with E-state index in [0.29, 0.717) is 16.3 Å². The summed E-state index contributed by atoms with van der Waals surface area (Å²) in [5.41, 5.74) is 2.16. The average molecular weight is 366 g/mol. The first kappa shape index (κ1) is 17.7. The van der Waals surface area contributed by atoms with Crippen LogP contribution in [0.25, 0.3) is 0 Å². The molecule has 0 aliphatic rings. The van der Waals surface area contributed by atoms with Gasteiger partial charge in [0.15, 0.2) is 0 Å². The van der Waals surface area contributed by atoms with Crippen LogP contribution in [0, 0.1) is 0 Å². The highest BCUT2D eigenvalue weighted by Gasteiger charge is 2.08. The van der Waals surface area contributed by atoms with Crippen molar-refractivity contribution in [2.45, 2.75) is 0 Å². The molecule has 0 amide bonds. The summed E-state index contributed by atoms with van der Waals surface area (Å²) in [4.78, 5) is 16.5. The van der Waals surface area contributed by atoms with Gasteiger partial charge in [0.1, 0.15) is 11.5 Å². The van der Waals surface area contributed by atoms with E-state index in [4.69, 9.17) is 21.1 Å². The van der Waals surface area contributed by atoms with Gasteiger partial charge in [0, 0.05) is 11.2 Å². The lowest BCUT2D eigenvalue weighted by molar-refractivity contribution is 0.0735. The highest BCUT2D eigenvalue weighted by Crippen LogP contribution is 2.19. The molecule has 0 radical (unpaired) electrons. The molecule has 0 heterocycles. The number of aliphatic imine (C=N–C) groups is 1. The first-order chi connectivity index (χ1) is 12.6. The van der Waals surface area contributed by atoms with Crippen LogP contribution in [0.1, 0.15) is 15.9 Å². The molecule has 130 valence electrons. The second-order valence-electron chi connectivity index (χ2n) is 5.42. The Hall–Kier alpha value is -3.11. The van der Waals surface area contributed by atoms with Crippen LogP contribution in [-0.2, 0) is 0 Å². The Bertz CT molecular complexity index is 901. The second kappa shape index (κ2) is 8.32.